The number of hydrogen-bond donors (Lipinski definition) is 0. The third kappa shape index (κ3) is 7.80. The summed E-state index contributed by atoms with van der Waals surface area (Å²) in [7, 11) is 1.65. The van der Waals surface area contributed by atoms with Gasteiger partial charge in [-0.1, -0.05) is 19.4 Å². The van der Waals surface area contributed by atoms with E-state index in [1.165, 1.54) is 0 Å². The molecule has 1 aromatic carbocycles. The van der Waals surface area contributed by atoms with Crippen LogP contribution in [0.15, 0.2) is 28.7 Å². The Labute approximate surface area is 209 Å². The summed E-state index contributed by atoms with van der Waals surface area (Å²) in [5.41, 5.74) is 0.211. The summed E-state index contributed by atoms with van der Waals surface area (Å²) in [6.07, 6.45) is 4.91. The van der Waals surface area contributed by atoms with Crippen LogP contribution in [-0.4, -0.2) is 42.0 Å². The van der Waals surface area contributed by atoms with Gasteiger partial charge in [0.05, 0.1) is 26.4 Å². The average Bonchev–Trinajstić information content (AvgIpc) is 3.24. The molecule has 0 bridgehead atoms. The molecule has 1 aliphatic carbocycles. The molecule has 35 heavy (non-hydrogen) atoms. The second-order valence-electron chi connectivity index (χ2n) is 10.8. The zero-order valence-corrected chi connectivity index (χ0v) is 22.3. The lowest BCUT2D eigenvalue weighted by Gasteiger charge is -2.33. The van der Waals surface area contributed by atoms with Gasteiger partial charge in [-0.2, -0.15) is 0 Å². The van der Waals surface area contributed by atoms with Crippen molar-refractivity contribution in [3.05, 3.63) is 35.7 Å². The first kappa shape index (κ1) is 27.2. The summed E-state index contributed by atoms with van der Waals surface area (Å²) >= 11 is 0. The molecule has 7 nitrogen and oxygen atoms in total. The molecule has 7 heteroatoms. The van der Waals surface area contributed by atoms with Crippen molar-refractivity contribution in [2.75, 3.05) is 13.7 Å². The van der Waals surface area contributed by atoms with E-state index < -0.39 is 11.2 Å². The van der Waals surface area contributed by atoms with E-state index in [0.717, 1.165) is 54.9 Å². The third-order valence-corrected chi connectivity index (χ3v) is 6.18. The lowest BCUT2D eigenvalue weighted by molar-refractivity contribution is -0.181. The topological polar surface area (TPSA) is 80.0 Å². The van der Waals surface area contributed by atoms with Crippen LogP contribution in [0.2, 0.25) is 0 Å². The monoisotopic (exact) mass is 487 g/mol. The smallest absolute Gasteiger partial charge is 0.338 e. The Balaban J connectivity index is 1.55. The fraction of sp³-hybridized carbons (Fsp3) is 0.643. The van der Waals surface area contributed by atoms with E-state index in [2.05, 4.69) is 6.92 Å². The summed E-state index contributed by atoms with van der Waals surface area (Å²) in [6.45, 7) is 12.1. The highest BCUT2D eigenvalue weighted by atomic mass is 16.6. The molecule has 1 unspecified atom stereocenters. The minimum Gasteiger partial charge on any atom is -0.497 e. The Kier molecular flexibility index (Phi) is 9.00. The fourth-order valence-electron chi connectivity index (χ4n) is 4.18. The number of esters is 1. The summed E-state index contributed by atoms with van der Waals surface area (Å²) < 4.78 is 29.2. The summed E-state index contributed by atoms with van der Waals surface area (Å²) in [5, 5.41) is 0. The first-order valence-corrected chi connectivity index (χ1v) is 12.6. The van der Waals surface area contributed by atoms with Gasteiger partial charge in [-0.05, 0) is 78.0 Å². The van der Waals surface area contributed by atoms with Crippen LogP contribution in [0.25, 0.3) is 11.5 Å². The van der Waals surface area contributed by atoms with Crippen LogP contribution in [0, 0.1) is 5.92 Å². The van der Waals surface area contributed by atoms with E-state index in [1.807, 2.05) is 45.0 Å². The van der Waals surface area contributed by atoms with Crippen molar-refractivity contribution in [3.63, 3.8) is 0 Å². The number of rotatable bonds is 10. The van der Waals surface area contributed by atoms with E-state index in [9.17, 15) is 4.79 Å². The molecule has 1 aliphatic rings. The van der Waals surface area contributed by atoms with Gasteiger partial charge >= 0.3 is 5.97 Å². The maximum Gasteiger partial charge on any atom is 0.338 e. The Morgan fingerprint density at radius 2 is 1.94 bits per heavy atom. The van der Waals surface area contributed by atoms with Crippen LogP contribution in [0.1, 0.15) is 78.7 Å². The lowest BCUT2D eigenvalue weighted by atomic mass is 9.87. The molecule has 1 heterocycles. The maximum absolute atomic E-state index is 12.5. The molecular formula is C28H41NO6. The fourth-order valence-corrected chi connectivity index (χ4v) is 4.18. The quantitative estimate of drug-likeness (QED) is 0.373. The van der Waals surface area contributed by atoms with E-state index >= 15 is 0 Å². The van der Waals surface area contributed by atoms with Crippen molar-refractivity contribution in [1.29, 1.82) is 0 Å². The van der Waals surface area contributed by atoms with Gasteiger partial charge in [0.2, 0.25) is 5.89 Å². The highest BCUT2D eigenvalue weighted by Gasteiger charge is 2.35. The van der Waals surface area contributed by atoms with E-state index in [0.29, 0.717) is 25.0 Å². The van der Waals surface area contributed by atoms with E-state index in [4.69, 9.17) is 28.3 Å². The van der Waals surface area contributed by atoms with Gasteiger partial charge in [0.25, 0.3) is 0 Å². The number of aromatic nitrogens is 1. The van der Waals surface area contributed by atoms with Crippen molar-refractivity contribution in [2.45, 2.75) is 97.6 Å². The van der Waals surface area contributed by atoms with Crippen molar-refractivity contribution < 1.29 is 28.2 Å². The predicted molar refractivity (Wildman–Crippen MR) is 134 cm³/mol. The second kappa shape index (κ2) is 11.6. The normalized spacial score (nSPS) is 18.9. The number of aryl methyl sites for hydroxylation is 1. The number of carbonyl (C=O) groups excluding carboxylic acids is 1. The van der Waals surface area contributed by atoms with Crippen LogP contribution in [0.5, 0.6) is 5.75 Å². The largest absolute Gasteiger partial charge is 0.497 e. The lowest BCUT2D eigenvalue weighted by Crippen LogP contribution is -2.42. The van der Waals surface area contributed by atoms with Gasteiger partial charge in [0, 0.05) is 12.0 Å². The van der Waals surface area contributed by atoms with Gasteiger partial charge in [0.1, 0.15) is 22.8 Å². The summed E-state index contributed by atoms with van der Waals surface area (Å²) in [4.78, 5) is 17.2. The molecule has 0 aliphatic heterocycles. The van der Waals surface area contributed by atoms with Crippen LogP contribution in [0.3, 0.4) is 0 Å². The number of oxazole rings is 1. The van der Waals surface area contributed by atoms with Gasteiger partial charge in [-0.15, -0.1) is 0 Å². The summed E-state index contributed by atoms with van der Waals surface area (Å²) in [6, 6.07) is 7.70. The first-order valence-electron chi connectivity index (χ1n) is 12.6. The highest BCUT2D eigenvalue weighted by molar-refractivity contribution is 5.78. The highest BCUT2D eigenvalue weighted by Crippen LogP contribution is 2.30. The van der Waals surface area contributed by atoms with Gasteiger partial charge in [-0.3, -0.25) is 0 Å². The first-order chi connectivity index (χ1) is 16.5. The van der Waals surface area contributed by atoms with Crippen LogP contribution >= 0.6 is 0 Å². The zero-order valence-electron chi connectivity index (χ0n) is 22.3. The number of hydrogen-bond acceptors (Lipinski definition) is 7. The Morgan fingerprint density at radius 3 is 2.63 bits per heavy atom. The van der Waals surface area contributed by atoms with Crippen molar-refractivity contribution in [1.82, 2.24) is 4.98 Å². The van der Waals surface area contributed by atoms with Crippen molar-refractivity contribution in [2.24, 2.45) is 5.92 Å². The molecule has 0 N–H and O–H groups in total. The van der Waals surface area contributed by atoms with Crippen LogP contribution in [0.4, 0.5) is 0 Å². The molecule has 3 rings (SSSR count). The molecule has 1 saturated carbocycles. The number of benzene rings is 1. The number of carbonyl (C=O) groups is 1. The minimum absolute atomic E-state index is 0.128. The molecule has 0 amide bonds. The molecule has 0 saturated heterocycles. The van der Waals surface area contributed by atoms with E-state index in [-0.39, 0.29) is 12.1 Å². The van der Waals surface area contributed by atoms with Crippen molar-refractivity contribution >= 4 is 5.97 Å². The minimum atomic E-state index is -0.978. The second-order valence-corrected chi connectivity index (χ2v) is 10.8. The molecular weight excluding hydrogens is 446 g/mol. The van der Waals surface area contributed by atoms with Gasteiger partial charge in [-0.25, -0.2) is 9.78 Å². The van der Waals surface area contributed by atoms with Crippen LogP contribution in [-0.2, 0) is 32.0 Å². The summed E-state index contributed by atoms with van der Waals surface area (Å²) in [5.74, 6) is 2.20. The molecule has 0 radical (unpaired) electrons. The number of ether oxygens (including phenoxy) is 4. The number of methoxy groups -OCH3 is 1. The maximum atomic E-state index is 12.5. The van der Waals surface area contributed by atoms with Gasteiger partial charge in [0.15, 0.2) is 5.60 Å². The molecule has 2 aromatic rings. The molecule has 194 valence electrons. The zero-order chi connectivity index (χ0) is 25.6. The van der Waals surface area contributed by atoms with Crippen molar-refractivity contribution in [3.8, 4) is 17.2 Å². The standard InChI is InChI=1S/C28H41NO6/c1-8-24-23(29-25(34-24)20-12-10-13-21(16-20)31-7)18-32-22-14-9-11-19(15-22)17-33-28(5,6)26(30)35-27(2,3)4/h10,12-13,16,19,22H,8-9,11,14-15,17-18H2,1-7H3/t19?,22-/m0/s1. The molecule has 1 fully saturated rings. The van der Waals surface area contributed by atoms with E-state index in [1.54, 1.807) is 21.0 Å². The van der Waals surface area contributed by atoms with Gasteiger partial charge < -0.3 is 23.4 Å². The average molecular weight is 488 g/mol. The molecule has 1 aromatic heterocycles. The third-order valence-electron chi connectivity index (χ3n) is 6.18. The Bertz CT molecular complexity index is 974. The Hall–Kier alpha value is -2.38. The number of nitrogens with zero attached hydrogens (tertiary/aromatic N) is 1. The van der Waals surface area contributed by atoms with Crippen LogP contribution < -0.4 is 4.74 Å². The molecule has 2 atom stereocenters. The molecule has 0 spiro atoms. The predicted octanol–water partition coefficient (Wildman–Crippen LogP) is 6.12. The SMILES string of the molecule is CCc1oc(-c2cccc(OC)c2)nc1CO[C@H]1CCCC(COC(C)(C)C(=O)OC(C)(C)C)C1. The Morgan fingerprint density at radius 1 is 1.17 bits per heavy atom.